The second kappa shape index (κ2) is 8.20. The van der Waals surface area contributed by atoms with E-state index in [4.69, 9.17) is 4.74 Å². The van der Waals surface area contributed by atoms with Gasteiger partial charge in [-0.2, -0.15) is 0 Å². The van der Waals surface area contributed by atoms with Crippen molar-refractivity contribution in [3.63, 3.8) is 0 Å². The van der Waals surface area contributed by atoms with Crippen LogP contribution in [-0.2, 0) is 16.4 Å². The molecule has 3 aromatic rings. The summed E-state index contributed by atoms with van der Waals surface area (Å²) < 4.78 is 34.4. The molecule has 6 rings (SSSR count). The van der Waals surface area contributed by atoms with Crippen molar-refractivity contribution in [1.29, 1.82) is 0 Å². The van der Waals surface area contributed by atoms with Crippen LogP contribution in [-0.4, -0.2) is 21.6 Å². The zero-order chi connectivity index (χ0) is 23.3. The van der Waals surface area contributed by atoms with Gasteiger partial charge in [-0.3, -0.25) is 4.31 Å². The predicted molar refractivity (Wildman–Crippen MR) is 135 cm³/mol. The number of benzene rings is 3. The predicted octanol–water partition coefficient (Wildman–Crippen LogP) is 5.66. The highest BCUT2D eigenvalue weighted by atomic mass is 32.2. The van der Waals surface area contributed by atoms with Crippen molar-refractivity contribution in [1.82, 2.24) is 0 Å². The Morgan fingerprint density at radius 2 is 1.88 bits per heavy atom. The zero-order valence-electron chi connectivity index (χ0n) is 19.1. The minimum atomic E-state index is -3.62. The summed E-state index contributed by atoms with van der Waals surface area (Å²) in [4.78, 5) is 0.364. The van der Waals surface area contributed by atoms with Crippen LogP contribution in [0.2, 0.25) is 0 Å². The Morgan fingerprint density at radius 1 is 1.06 bits per heavy atom. The molecule has 3 aliphatic rings. The first-order valence-corrected chi connectivity index (χ1v) is 13.4. The topological polar surface area (TPSA) is 58.6 Å². The van der Waals surface area contributed by atoms with Crippen LogP contribution < -0.4 is 14.4 Å². The van der Waals surface area contributed by atoms with Gasteiger partial charge in [0.1, 0.15) is 5.75 Å². The molecular weight excluding hydrogens is 444 g/mol. The van der Waals surface area contributed by atoms with Crippen molar-refractivity contribution in [2.45, 2.75) is 36.6 Å². The number of allylic oxidation sites excluding steroid dienone is 2. The molecule has 174 valence electrons. The van der Waals surface area contributed by atoms with E-state index in [-0.39, 0.29) is 12.0 Å². The molecule has 0 aromatic heterocycles. The normalized spacial score (nSPS) is 22.6. The van der Waals surface area contributed by atoms with Crippen molar-refractivity contribution in [3.05, 3.63) is 95.6 Å². The summed E-state index contributed by atoms with van der Waals surface area (Å²) in [7, 11) is -3.62. The average molecular weight is 473 g/mol. The van der Waals surface area contributed by atoms with Crippen LogP contribution in [0.25, 0.3) is 0 Å². The van der Waals surface area contributed by atoms with Crippen LogP contribution in [0.3, 0.4) is 0 Å². The van der Waals surface area contributed by atoms with Gasteiger partial charge in [0.25, 0.3) is 10.0 Å². The van der Waals surface area contributed by atoms with Crippen LogP contribution in [0.15, 0.2) is 83.8 Å². The molecule has 0 saturated heterocycles. The van der Waals surface area contributed by atoms with E-state index in [2.05, 4.69) is 29.6 Å². The van der Waals surface area contributed by atoms with Gasteiger partial charge in [-0.15, -0.1) is 0 Å². The van der Waals surface area contributed by atoms with Gasteiger partial charge < -0.3 is 10.1 Å². The summed E-state index contributed by atoms with van der Waals surface area (Å²) in [5.74, 6) is 1.41. The first-order valence-electron chi connectivity index (χ1n) is 12.0. The van der Waals surface area contributed by atoms with Crippen molar-refractivity contribution in [2.75, 3.05) is 22.8 Å². The Bertz CT molecular complexity index is 1360. The Morgan fingerprint density at radius 3 is 2.71 bits per heavy atom. The number of nitrogens with zero attached hydrogens (tertiary/aromatic N) is 1. The molecule has 0 amide bonds. The maximum atomic E-state index is 13.6. The second-order valence-electron chi connectivity index (χ2n) is 9.18. The molecule has 6 heteroatoms. The SMILES string of the molecule is CCOc1ccc(C2Nc3ccc(S(=O)(=O)N4CCc5ccccc54)cc3C3C=CCC32)cc1. The highest BCUT2D eigenvalue weighted by molar-refractivity contribution is 7.92. The van der Waals surface area contributed by atoms with E-state index in [9.17, 15) is 8.42 Å². The lowest BCUT2D eigenvalue weighted by Crippen LogP contribution is -2.31. The Hall–Kier alpha value is -3.25. The van der Waals surface area contributed by atoms with Gasteiger partial charge >= 0.3 is 0 Å². The molecule has 3 atom stereocenters. The van der Waals surface area contributed by atoms with Crippen LogP contribution in [0.4, 0.5) is 11.4 Å². The summed E-state index contributed by atoms with van der Waals surface area (Å²) in [6, 6.07) is 21.8. The van der Waals surface area contributed by atoms with Crippen molar-refractivity contribution in [2.24, 2.45) is 5.92 Å². The molecule has 2 heterocycles. The second-order valence-corrected chi connectivity index (χ2v) is 11.0. The lowest BCUT2D eigenvalue weighted by Gasteiger charge is -2.38. The third-order valence-electron chi connectivity index (χ3n) is 7.32. The molecule has 3 aromatic carbocycles. The van der Waals surface area contributed by atoms with Crippen LogP contribution in [0, 0.1) is 5.92 Å². The van der Waals surface area contributed by atoms with E-state index in [1.807, 2.05) is 55.5 Å². The van der Waals surface area contributed by atoms with E-state index in [0.717, 1.165) is 41.1 Å². The van der Waals surface area contributed by atoms with Gasteiger partial charge in [-0.1, -0.05) is 42.5 Å². The molecule has 0 bridgehead atoms. The Balaban J connectivity index is 1.34. The van der Waals surface area contributed by atoms with E-state index >= 15 is 0 Å². The van der Waals surface area contributed by atoms with Crippen molar-refractivity contribution < 1.29 is 13.2 Å². The Labute approximate surface area is 201 Å². The maximum absolute atomic E-state index is 13.6. The lowest BCUT2D eigenvalue weighted by molar-refractivity contribution is 0.340. The summed E-state index contributed by atoms with van der Waals surface area (Å²) in [5, 5.41) is 3.71. The van der Waals surface area contributed by atoms with E-state index in [1.54, 1.807) is 10.4 Å². The summed E-state index contributed by atoms with van der Waals surface area (Å²) in [6.45, 7) is 3.12. The molecular formula is C28H28N2O3S. The number of ether oxygens (including phenoxy) is 1. The van der Waals surface area contributed by atoms with Crippen LogP contribution in [0.5, 0.6) is 5.75 Å². The van der Waals surface area contributed by atoms with Gasteiger partial charge in [0.2, 0.25) is 0 Å². The van der Waals surface area contributed by atoms with E-state index < -0.39 is 10.0 Å². The molecule has 0 radical (unpaired) electrons. The maximum Gasteiger partial charge on any atom is 0.264 e. The average Bonchev–Trinajstić information content (AvgIpc) is 3.52. The van der Waals surface area contributed by atoms with Gasteiger partial charge in [-0.05, 0) is 78.8 Å². The fourth-order valence-electron chi connectivity index (χ4n) is 5.69. The first-order chi connectivity index (χ1) is 16.6. The Kier molecular flexibility index (Phi) is 5.14. The highest BCUT2D eigenvalue weighted by Crippen LogP contribution is 2.50. The fraction of sp³-hybridized carbons (Fsp3) is 0.286. The number of fused-ring (bicyclic) bond motifs is 4. The first kappa shape index (κ1) is 21.3. The standard InChI is InChI=1S/C28H28N2O3S/c1-2-33-21-12-10-20(11-13-21)28-24-8-5-7-23(24)25-18-22(14-15-26(25)29-28)34(31,32)30-17-16-19-6-3-4-9-27(19)30/h3-7,9-15,18,23-24,28-29H,2,8,16-17H2,1H3. The molecule has 0 fully saturated rings. The van der Waals surface area contributed by atoms with Gasteiger partial charge in [0.05, 0.1) is 23.2 Å². The number of sulfonamides is 1. The molecule has 0 spiro atoms. The van der Waals surface area contributed by atoms with Gasteiger partial charge in [0.15, 0.2) is 0 Å². The summed E-state index contributed by atoms with van der Waals surface area (Å²) in [5.41, 5.74) is 5.18. The lowest BCUT2D eigenvalue weighted by atomic mass is 9.77. The number of anilines is 2. The third-order valence-corrected chi connectivity index (χ3v) is 9.13. The summed E-state index contributed by atoms with van der Waals surface area (Å²) in [6.07, 6.45) is 6.18. The molecule has 34 heavy (non-hydrogen) atoms. The fourth-order valence-corrected chi connectivity index (χ4v) is 7.22. The quantitative estimate of drug-likeness (QED) is 0.487. The minimum Gasteiger partial charge on any atom is -0.494 e. The zero-order valence-corrected chi connectivity index (χ0v) is 20.0. The van der Waals surface area contributed by atoms with Gasteiger partial charge in [-0.25, -0.2) is 8.42 Å². The molecule has 5 nitrogen and oxygen atoms in total. The molecule has 1 aliphatic carbocycles. The minimum absolute atomic E-state index is 0.163. The molecule has 0 saturated carbocycles. The van der Waals surface area contributed by atoms with Crippen molar-refractivity contribution >= 4 is 21.4 Å². The third kappa shape index (κ3) is 3.40. The molecule has 1 N–H and O–H groups in total. The monoisotopic (exact) mass is 472 g/mol. The van der Waals surface area contributed by atoms with Crippen LogP contribution in [0.1, 0.15) is 42.0 Å². The number of para-hydroxylation sites is 1. The van der Waals surface area contributed by atoms with Crippen LogP contribution >= 0.6 is 0 Å². The molecule has 2 aliphatic heterocycles. The van der Waals surface area contributed by atoms with E-state index in [1.165, 1.54) is 5.56 Å². The number of nitrogens with one attached hydrogen (secondary N) is 1. The summed E-state index contributed by atoms with van der Waals surface area (Å²) >= 11 is 0. The number of hydrogen-bond acceptors (Lipinski definition) is 4. The molecule has 3 unspecified atom stereocenters. The van der Waals surface area contributed by atoms with E-state index in [0.29, 0.717) is 24.0 Å². The largest absolute Gasteiger partial charge is 0.494 e. The number of rotatable bonds is 5. The highest BCUT2D eigenvalue weighted by Gasteiger charge is 2.39. The number of hydrogen-bond donors (Lipinski definition) is 1. The smallest absolute Gasteiger partial charge is 0.264 e. The van der Waals surface area contributed by atoms with Crippen molar-refractivity contribution in [3.8, 4) is 5.75 Å². The van der Waals surface area contributed by atoms with Gasteiger partial charge in [0, 0.05) is 18.2 Å².